The van der Waals surface area contributed by atoms with Crippen molar-refractivity contribution in [1.82, 2.24) is 10.6 Å². The second-order valence-electron chi connectivity index (χ2n) is 6.56. The third-order valence-electron chi connectivity index (χ3n) is 4.79. The number of thiophene rings is 1. The molecule has 134 valence electrons. The van der Waals surface area contributed by atoms with Gasteiger partial charge in [0.15, 0.2) is 0 Å². The number of benzene rings is 1. The smallest absolute Gasteiger partial charge is 0.265 e. The lowest BCUT2D eigenvalue weighted by atomic mass is 10.0. The fourth-order valence-corrected chi connectivity index (χ4v) is 4.29. The number of anilines is 1. The van der Waals surface area contributed by atoms with Crippen LogP contribution in [0, 0.1) is 0 Å². The highest BCUT2D eigenvalue weighted by Gasteiger charge is 2.13. The molecule has 4 rings (SSSR count). The van der Waals surface area contributed by atoms with E-state index in [2.05, 4.69) is 46.3 Å². The van der Waals surface area contributed by atoms with E-state index in [1.807, 2.05) is 18.2 Å². The molecular formula is C21H23N3OS. The van der Waals surface area contributed by atoms with E-state index in [4.69, 9.17) is 0 Å². The van der Waals surface area contributed by atoms with Gasteiger partial charge < -0.3 is 16.0 Å². The van der Waals surface area contributed by atoms with E-state index in [9.17, 15) is 4.79 Å². The van der Waals surface area contributed by atoms with Gasteiger partial charge in [0.1, 0.15) is 0 Å². The predicted molar refractivity (Wildman–Crippen MR) is 110 cm³/mol. The van der Waals surface area contributed by atoms with Gasteiger partial charge in [-0.2, -0.15) is 0 Å². The van der Waals surface area contributed by atoms with Gasteiger partial charge in [-0.3, -0.25) is 4.79 Å². The van der Waals surface area contributed by atoms with Crippen LogP contribution in [0.15, 0.2) is 48.6 Å². The number of hydrogen-bond acceptors (Lipinski definition) is 4. The van der Waals surface area contributed by atoms with Crippen LogP contribution in [0.25, 0.3) is 11.1 Å². The Hall–Kier alpha value is -2.21. The van der Waals surface area contributed by atoms with Gasteiger partial charge in [0.2, 0.25) is 0 Å². The molecule has 4 nitrogen and oxygen atoms in total. The summed E-state index contributed by atoms with van der Waals surface area (Å²) in [4.78, 5) is 14.5. The average molecular weight is 366 g/mol. The standard InChI is InChI=1S/C21H23N3OS/c25-21(20-6-5-19(26-20)17-9-13-23-14-10-17)24-18-3-1-15(2-4-18)16-7-11-22-12-8-16/h1-7,9,22-23H,8,10-14H2,(H,24,25). The number of nitrogens with one attached hydrogen (secondary N) is 3. The molecular weight excluding hydrogens is 342 g/mol. The van der Waals surface area contributed by atoms with Crippen molar-refractivity contribution in [3.05, 3.63) is 63.9 Å². The first kappa shape index (κ1) is 17.2. The molecule has 2 aliphatic heterocycles. The van der Waals surface area contributed by atoms with Crippen LogP contribution in [0.4, 0.5) is 5.69 Å². The Morgan fingerprint density at radius 1 is 0.885 bits per heavy atom. The SMILES string of the molecule is O=C(Nc1ccc(C2=CCNCC2)cc1)c1ccc(C2=CCNCC2)s1. The zero-order chi connectivity index (χ0) is 17.8. The second-order valence-corrected chi connectivity index (χ2v) is 7.65. The summed E-state index contributed by atoms with van der Waals surface area (Å²) < 4.78 is 0. The van der Waals surface area contributed by atoms with Crippen LogP contribution in [0.2, 0.25) is 0 Å². The van der Waals surface area contributed by atoms with Crippen molar-refractivity contribution in [2.24, 2.45) is 0 Å². The lowest BCUT2D eigenvalue weighted by Crippen LogP contribution is -2.20. The maximum atomic E-state index is 12.5. The zero-order valence-corrected chi connectivity index (χ0v) is 15.5. The molecule has 0 unspecified atom stereocenters. The molecule has 1 amide bonds. The first-order valence-electron chi connectivity index (χ1n) is 9.11. The summed E-state index contributed by atoms with van der Waals surface area (Å²) in [7, 11) is 0. The van der Waals surface area contributed by atoms with Crippen molar-refractivity contribution in [2.45, 2.75) is 12.8 Å². The van der Waals surface area contributed by atoms with E-state index in [0.717, 1.165) is 49.6 Å². The zero-order valence-electron chi connectivity index (χ0n) is 14.7. The monoisotopic (exact) mass is 365 g/mol. The van der Waals surface area contributed by atoms with E-state index in [1.165, 1.54) is 21.6 Å². The molecule has 3 heterocycles. The maximum absolute atomic E-state index is 12.5. The van der Waals surface area contributed by atoms with Crippen molar-refractivity contribution in [3.63, 3.8) is 0 Å². The lowest BCUT2D eigenvalue weighted by Gasteiger charge is -2.14. The van der Waals surface area contributed by atoms with Crippen molar-refractivity contribution in [1.29, 1.82) is 0 Å². The second kappa shape index (κ2) is 7.99. The van der Waals surface area contributed by atoms with Gasteiger partial charge in [0.25, 0.3) is 5.91 Å². The Kier molecular flexibility index (Phi) is 5.29. The summed E-state index contributed by atoms with van der Waals surface area (Å²) in [6, 6.07) is 12.1. The molecule has 3 N–H and O–H groups in total. The number of amides is 1. The normalized spacial score (nSPS) is 17.4. The summed E-state index contributed by atoms with van der Waals surface area (Å²) in [6.45, 7) is 3.87. The van der Waals surface area contributed by atoms with Crippen LogP contribution in [0.3, 0.4) is 0 Å². The largest absolute Gasteiger partial charge is 0.321 e. The molecule has 0 aliphatic carbocycles. The van der Waals surface area contributed by atoms with Gasteiger partial charge in [-0.25, -0.2) is 0 Å². The third kappa shape index (κ3) is 3.96. The highest BCUT2D eigenvalue weighted by Crippen LogP contribution is 2.28. The molecule has 0 spiro atoms. The minimum atomic E-state index is -0.0374. The summed E-state index contributed by atoms with van der Waals surface area (Å²) >= 11 is 1.57. The van der Waals surface area contributed by atoms with E-state index in [0.29, 0.717) is 0 Å². The maximum Gasteiger partial charge on any atom is 0.265 e. The Morgan fingerprint density at radius 3 is 2.23 bits per heavy atom. The highest BCUT2D eigenvalue weighted by atomic mass is 32.1. The molecule has 26 heavy (non-hydrogen) atoms. The lowest BCUT2D eigenvalue weighted by molar-refractivity contribution is 0.103. The van der Waals surface area contributed by atoms with Crippen LogP contribution >= 0.6 is 11.3 Å². The Bertz CT molecular complexity index is 848. The van der Waals surface area contributed by atoms with Crippen molar-refractivity contribution in [2.75, 3.05) is 31.5 Å². The van der Waals surface area contributed by atoms with Gasteiger partial charge in [-0.05, 0) is 66.9 Å². The molecule has 0 atom stereocenters. The Balaban J connectivity index is 1.42. The van der Waals surface area contributed by atoms with Gasteiger partial charge >= 0.3 is 0 Å². The molecule has 0 saturated heterocycles. The van der Waals surface area contributed by atoms with E-state index in [-0.39, 0.29) is 5.91 Å². The molecule has 2 aromatic rings. The molecule has 0 radical (unpaired) electrons. The van der Waals surface area contributed by atoms with Gasteiger partial charge in [-0.15, -0.1) is 11.3 Å². The van der Waals surface area contributed by atoms with Gasteiger partial charge in [0.05, 0.1) is 4.88 Å². The highest BCUT2D eigenvalue weighted by molar-refractivity contribution is 7.15. The number of rotatable bonds is 4. The van der Waals surface area contributed by atoms with Crippen molar-refractivity contribution >= 4 is 34.1 Å². The minimum Gasteiger partial charge on any atom is -0.321 e. The molecule has 5 heteroatoms. The van der Waals surface area contributed by atoms with Gasteiger partial charge in [-0.1, -0.05) is 24.3 Å². The molecule has 0 bridgehead atoms. The summed E-state index contributed by atoms with van der Waals surface area (Å²) in [5.41, 5.74) is 4.79. The summed E-state index contributed by atoms with van der Waals surface area (Å²) in [6.07, 6.45) is 6.52. The topological polar surface area (TPSA) is 53.2 Å². The van der Waals surface area contributed by atoms with Crippen molar-refractivity contribution in [3.8, 4) is 0 Å². The first-order chi connectivity index (χ1) is 12.8. The van der Waals surface area contributed by atoms with Crippen molar-refractivity contribution < 1.29 is 4.79 Å². The molecule has 2 aliphatic rings. The van der Waals surface area contributed by atoms with Crippen LogP contribution in [0.1, 0.15) is 33.0 Å². The number of hydrogen-bond donors (Lipinski definition) is 3. The van der Waals surface area contributed by atoms with E-state index < -0.39 is 0 Å². The summed E-state index contributed by atoms with van der Waals surface area (Å²) in [5.74, 6) is -0.0374. The van der Waals surface area contributed by atoms with Crippen LogP contribution in [-0.2, 0) is 0 Å². The van der Waals surface area contributed by atoms with Crippen LogP contribution < -0.4 is 16.0 Å². The number of carbonyl (C=O) groups excluding carboxylic acids is 1. The number of carbonyl (C=O) groups is 1. The average Bonchev–Trinajstić information content (AvgIpc) is 3.20. The molecule has 0 saturated carbocycles. The predicted octanol–water partition coefficient (Wildman–Crippen LogP) is 3.75. The van der Waals surface area contributed by atoms with Gasteiger partial charge in [0, 0.05) is 23.7 Å². The van der Waals surface area contributed by atoms with E-state index >= 15 is 0 Å². The minimum absolute atomic E-state index is 0.0374. The van der Waals surface area contributed by atoms with Crippen LogP contribution in [-0.4, -0.2) is 32.1 Å². The van der Waals surface area contributed by atoms with Crippen LogP contribution in [0.5, 0.6) is 0 Å². The quantitative estimate of drug-likeness (QED) is 0.773. The molecule has 1 aromatic carbocycles. The fraction of sp³-hybridized carbons (Fsp3) is 0.286. The first-order valence-corrected chi connectivity index (χ1v) is 9.93. The Labute approximate surface area is 158 Å². The molecule has 0 fully saturated rings. The third-order valence-corrected chi connectivity index (χ3v) is 5.95. The fourth-order valence-electron chi connectivity index (χ4n) is 3.32. The summed E-state index contributed by atoms with van der Waals surface area (Å²) in [5, 5.41) is 9.65. The van der Waals surface area contributed by atoms with E-state index in [1.54, 1.807) is 11.3 Å². The molecule has 1 aromatic heterocycles. The Morgan fingerprint density at radius 2 is 1.58 bits per heavy atom.